The molecule has 3 aromatic heterocycles. The first-order valence-electron chi connectivity index (χ1n) is 27.6. The third kappa shape index (κ3) is 10.1. The number of carboxylic acid groups (broad SMARTS) is 4. The number of hydrogen-bond acceptors (Lipinski definition) is 10. The molecular formula is C72H50N8O8. The Hall–Kier alpha value is -12.6. The van der Waals surface area contributed by atoms with Gasteiger partial charge >= 0.3 is 23.9 Å². The Kier molecular flexibility index (Phi) is 13.6. The van der Waals surface area contributed by atoms with Crippen LogP contribution in [-0.2, 0) is 0 Å². The molecule has 0 saturated heterocycles. The molecule has 14 N–H and O–H groups in total. The molecule has 8 aromatic carbocycles. The summed E-state index contributed by atoms with van der Waals surface area (Å²) in [6.45, 7) is 0. The number of nitrogen functional groups attached to an aromatic ring is 4. The van der Waals surface area contributed by atoms with Gasteiger partial charge in [0.1, 0.15) is 0 Å². The summed E-state index contributed by atoms with van der Waals surface area (Å²) >= 11 is 0. The highest BCUT2D eigenvalue weighted by Gasteiger charge is 2.24. The summed E-state index contributed by atoms with van der Waals surface area (Å²) in [7, 11) is 0. The normalized spacial score (nSPS) is 11.6. The predicted molar refractivity (Wildman–Crippen MR) is 348 cm³/mol. The Balaban J connectivity index is 1.17. The molecule has 16 heteroatoms. The number of aromatic carboxylic acids is 4. The zero-order valence-corrected chi connectivity index (χ0v) is 46.4. The molecule has 0 amide bonds. The number of nitrogens with one attached hydrogen (secondary N) is 2. The third-order valence-electron chi connectivity index (χ3n) is 15.8. The van der Waals surface area contributed by atoms with Crippen LogP contribution in [0.1, 0.15) is 64.2 Å². The quantitative estimate of drug-likeness (QED) is 0.0509. The molecule has 0 saturated carbocycles. The van der Waals surface area contributed by atoms with Gasteiger partial charge in [0.25, 0.3) is 0 Å². The lowest BCUT2D eigenvalue weighted by molar-refractivity contribution is 0.0686. The van der Waals surface area contributed by atoms with Gasteiger partial charge in [-0.15, -0.1) is 0 Å². The molecule has 8 bridgehead atoms. The van der Waals surface area contributed by atoms with Gasteiger partial charge in [-0.3, -0.25) is 0 Å². The number of nitrogens with two attached hydrogens (primary N) is 4. The van der Waals surface area contributed by atoms with E-state index in [1.807, 2.05) is 121 Å². The predicted octanol–water partition coefficient (Wildman–Crippen LogP) is 15.1. The first kappa shape index (κ1) is 54.7. The number of aromatic amines is 2. The van der Waals surface area contributed by atoms with Gasteiger partial charge in [-0.05, 0) is 190 Å². The average Bonchev–Trinajstić information content (AvgIpc) is 1.83. The van der Waals surface area contributed by atoms with E-state index in [0.717, 1.165) is 0 Å². The van der Waals surface area contributed by atoms with Crippen LogP contribution in [0.15, 0.2) is 194 Å². The average molecular weight is 1160 g/mol. The van der Waals surface area contributed by atoms with Gasteiger partial charge in [0.15, 0.2) is 0 Å². The van der Waals surface area contributed by atoms with E-state index in [0.29, 0.717) is 157 Å². The molecule has 2 aliphatic heterocycles. The molecule has 5 heterocycles. The summed E-state index contributed by atoms with van der Waals surface area (Å²) in [6, 6.07) is 56.2. The monoisotopic (exact) mass is 1150 g/mol. The van der Waals surface area contributed by atoms with Crippen LogP contribution in [0.5, 0.6) is 0 Å². The number of anilines is 4. The second-order valence-corrected chi connectivity index (χ2v) is 21.3. The van der Waals surface area contributed by atoms with E-state index in [4.69, 9.17) is 32.9 Å². The van der Waals surface area contributed by atoms with Crippen LogP contribution in [0.25, 0.3) is 135 Å². The van der Waals surface area contributed by atoms with Gasteiger partial charge in [0, 0.05) is 89.3 Å². The second-order valence-electron chi connectivity index (χ2n) is 21.3. The van der Waals surface area contributed by atoms with Crippen LogP contribution in [0.3, 0.4) is 0 Å². The maximum Gasteiger partial charge on any atom is 0.335 e. The van der Waals surface area contributed by atoms with Gasteiger partial charge in [-0.1, -0.05) is 72.8 Å². The van der Waals surface area contributed by atoms with Crippen LogP contribution in [-0.4, -0.2) is 64.2 Å². The maximum absolute atomic E-state index is 12.3. The van der Waals surface area contributed by atoms with E-state index in [9.17, 15) is 39.6 Å². The molecule has 11 aromatic rings. The van der Waals surface area contributed by atoms with Crippen LogP contribution < -0.4 is 22.9 Å². The van der Waals surface area contributed by atoms with Gasteiger partial charge in [0.2, 0.25) is 0 Å². The topological polar surface area (TPSA) is 311 Å². The van der Waals surface area contributed by atoms with Crippen molar-refractivity contribution >= 4 is 93.0 Å². The number of hydrogen-bond donors (Lipinski definition) is 10. The Labute approximate surface area is 501 Å². The summed E-state index contributed by atoms with van der Waals surface area (Å²) in [5.74, 6) is -4.32. The van der Waals surface area contributed by atoms with Crippen LogP contribution in [0.2, 0.25) is 0 Å². The number of fused-ring (bicyclic) bond motifs is 8. The Morgan fingerprint density at radius 2 is 0.500 bits per heavy atom. The van der Waals surface area contributed by atoms with Gasteiger partial charge in [-0.25, -0.2) is 29.1 Å². The lowest BCUT2D eigenvalue weighted by Gasteiger charge is -2.13. The van der Waals surface area contributed by atoms with Crippen molar-refractivity contribution in [2.24, 2.45) is 0 Å². The number of benzene rings is 8. The number of carbonyl (C=O) groups is 4. The molecule has 0 radical (unpaired) electrons. The lowest BCUT2D eigenvalue weighted by Crippen LogP contribution is -1.98. The fourth-order valence-electron chi connectivity index (χ4n) is 11.5. The van der Waals surface area contributed by atoms with Crippen molar-refractivity contribution in [2.75, 3.05) is 22.9 Å². The zero-order valence-electron chi connectivity index (χ0n) is 46.4. The number of rotatable bonds is 12. The fraction of sp³-hybridized carbons (Fsp3) is 0. The maximum atomic E-state index is 12.3. The molecule has 426 valence electrons. The smallest absolute Gasteiger partial charge is 0.335 e. The van der Waals surface area contributed by atoms with Crippen molar-refractivity contribution in [2.45, 2.75) is 0 Å². The highest BCUT2D eigenvalue weighted by molar-refractivity contribution is 6.05. The first-order valence-corrected chi connectivity index (χ1v) is 27.6. The molecule has 0 fully saturated rings. The van der Waals surface area contributed by atoms with Crippen LogP contribution in [0.4, 0.5) is 22.7 Å². The minimum atomic E-state index is -1.08. The van der Waals surface area contributed by atoms with E-state index >= 15 is 0 Å². The van der Waals surface area contributed by atoms with Gasteiger partial charge in [0.05, 0.1) is 45.0 Å². The highest BCUT2D eigenvalue weighted by Crippen LogP contribution is 2.45. The van der Waals surface area contributed by atoms with E-state index in [1.54, 1.807) is 72.8 Å². The van der Waals surface area contributed by atoms with Crippen LogP contribution >= 0.6 is 0 Å². The fourth-order valence-corrected chi connectivity index (χ4v) is 11.5. The van der Waals surface area contributed by atoms with Crippen molar-refractivity contribution in [1.29, 1.82) is 0 Å². The summed E-state index contributed by atoms with van der Waals surface area (Å²) < 4.78 is 0. The largest absolute Gasteiger partial charge is 0.478 e. The Morgan fingerprint density at radius 3 is 0.716 bits per heavy atom. The second kappa shape index (κ2) is 21.9. The van der Waals surface area contributed by atoms with E-state index in [-0.39, 0.29) is 22.3 Å². The first-order chi connectivity index (χ1) is 42.5. The molecule has 88 heavy (non-hydrogen) atoms. The minimum Gasteiger partial charge on any atom is -0.478 e. The van der Waals surface area contributed by atoms with Crippen LogP contribution in [0, 0.1) is 0 Å². The SMILES string of the molecule is Nc1ccc(-c2cccc(C(=O)O)c2)cc1-c1c2nc(c(-c3cc(-c4cccc(C(=O)O)c4)ccc3N)c3ccc([nH]3)c(-c3cc(-c4cccc(C(=O)O)c4)ccc3N)c3nc(c(-c4cc(-c5cccc(C(=O)O)c5)ccc4N)c4ccc1[nH]4)C=C3)C=C2. The van der Waals surface area contributed by atoms with Crippen molar-refractivity contribution in [3.05, 3.63) is 239 Å². The Morgan fingerprint density at radius 1 is 0.284 bits per heavy atom. The molecule has 0 unspecified atom stereocenters. The molecule has 16 nitrogen and oxygen atoms in total. The number of H-pyrrole nitrogens is 2. The van der Waals surface area contributed by atoms with Crippen molar-refractivity contribution in [1.82, 2.24) is 19.9 Å². The molecule has 0 aliphatic carbocycles. The van der Waals surface area contributed by atoms with Crippen molar-refractivity contribution < 1.29 is 39.6 Å². The summed E-state index contributed by atoms with van der Waals surface area (Å²) in [4.78, 5) is 67.4. The van der Waals surface area contributed by atoms with Crippen molar-refractivity contribution in [3.63, 3.8) is 0 Å². The number of carboxylic acids is 4. The highest BCUT2D eigenvalue weighted by atomic mass is 16.4. The molecule has 0 spiro atoms. The summed E-state index contributed by atoms with van der Waals surface area (Å²) in [6.07, 6.45) is 7.52. The Bertz CT molecular complexity index is 4450. The molecule has 13 rings (SSSR count). The summed E-state index contributed by atoms with van der Waals surface area (Å²) in [5, 5.41) is 40.1. The minimum absolute atomic E-state index is 0.105. The number of nitrogens with zero attached hydrogens (tertiary/aromatic N) is 2. The molecule has 2 aliphatic rings. The number of aromatic nitrogens is 4. The summed E-state index contributed by atoms with van der Waals surface area (Å²) in [5.41, 5.74) is 44.2. The van der Waals surface area contributed by atoms with E-state index in [2.05, 4.69) is 9.97 Å². The molecule has 0 atom stereocenters. The van der Waals surface area contributed by atoms with E-state index < -0.39 is 23.9 Å². The van der Waals surface area contributed by atoms with E-state index in [1.165, 1.54) is 24.3 Å². The zero-order chi connectivity index (χ0) is 61.1. The van der Waals surface area contributed by atoms with Crippen molar-refractivity contribution in [3.8, 4) is 89.0 Å². The van der Waals surface area contributed by atoms with Gasteiger partial charge in [-0.2, -0.15) is 0 Å². The third-order valence-corrected chi connectivity index (χ3v) is 15.8. The van der Waals surface area contributed by atoms with Gasteiger partial charge < -0.3 is 53.3 Å². The standard InChI is InChI=1S/C72H50N8O8/c73-53-17-13-41(37-5-1-9-45(29-37)69(81)82)33-49(53)65-57-21-23-59(77-57)66(50-34-42(14-18-54(50)74)38-6-2-10-46(30-38)70(83)84)61-25-27-63(79-61)68(52-36-44(16-20-56(52)76)40-8-4-12-48(32-40)72(87)88)64-28-26-62(80-64)67(60-24-22-58(65)78-60)51-35-43(15-19-55(51)75)39-7-3-11-47(31-39)71(85)86/h1-36,77,80H,73-76H2,(H,81,82)(H,83,84)(H,85,86)(H,87,88). The molecular weight excluding hydrogens is 1100 g/mol. The lowest BCUT2D eigenvalue weighted by atomic mass is 9.95.